The number of aromatic hydroxyl groups is 2. The van der Waals surface area contributed by atoms with Crippen molar-refractivity contribution in [2.45, 2.75) is 110 Å². The van der Waals surface area contributed by atoms with Gasteiger partial charge in [-0.1, -0.05) is 69.4 Å². The summed E-state index contributed by atoms with van der Waals surface area (Å²) >= 11 is 0. The molecule has 8 nitrogen and oxygen atoms in total. The highest BCUT2D eigenvalue weighted by atomic mass is 16.5. The van der Waals surface area contributed by atoms with Gasteiger partial charge in [-0.25, -0.2) is 0 Å². The number of hydrogen-bond acceptors (Lipinski definition) is 8. The van der Waals surface area contributed by atoms with Crippen LogP contribution in [0.4, 0.5) is 0 Å². The highest BCUT2D eigenvalue weighted by molar-refractivity contribution is 5.88. The summed E-state index contributed by atoms with van der Waals surface area (Å²) in [7, 11) is 0. The van der Waals surface area contributed by atoms with Crippen LogP contribution in [0.2, 0.25) is 0 Å². The number of ether oxygens (including phenoxy) is 1. The third kappa shape index (κ3) is 13.1. The van der Waals surface area contributed by atoms with Crippen LogP contribution in [0.25, 0.3) is 16.5 Å². The van der Waals surface area contributed by atoms with Gasteiger partial charge in [0.1, 0.15) is 28.8 Å². The summed E-state index contributed by atoms with van der Waals surface area (Å²) in [4.78, 5) is 22.8. The van der Waals surface area contributed by atoms with Crippen LogP contribution in [-0.2, 0) is 4.79 Å². The minimum Gasteiger partial charge on any atom is -0.508 e. The Balaban J connectivity index is 0.000000332. The van der Waals surface area contributed by atoms with Gasteiger partial charge in [0.05, 0.1) is 6.10 Å². The molecular formula is C37H50O8. The number of hydrogen-bond donors (Lipinski definition) is 4. The molecule has 0 amide bonds. The largest absolute Gasteiger partial charge is 0.508 e. The predicted molar refractivity (Wildman–Crippen MR) is 181 cm³/mol. The van der Waals surface area contributed by atoms with Crippen LogP contribution in [0.5, 0.6) is 17.2 Å². The van der Waals surface area contributed by atoms with Crippen molar-refractivity contribution in [1.82, 2.24) is 0 Å². The number of phenols is 1. The second-order valence-electron chi connectivity index (χ2n) is 11.3. The molecule has 2 aromatic rings. The van der Waals surface area contributed by atoms with E-state index in [1.54, 1.807) is 19.9 Å². The van der Waals surface area contributed by atoms with Gasteiger partial charge in [0, 0.05) is 24.1 Å². The van der Waals surface area contributed by atoms with Crippen LogP contribution >= 0.6 is 0 Å². The lowest BCUT2D eigenvalue weighted by Crippen LogP contribution is -2.10. The molecule has 246 valence electrons. The van der Waals surface area contributed by atoms with Crippen LogP contribution in [0.15, 0.2) is 75.4 Å². The Labute approximate surface area is 266 Å². The standard InChI is InChI=1S/C19H18O7.C18H32O/c1-9(2)25-14-7-11(20)8-15-16(14)17(23)18(24)19(26-15)10-4-3-5-12(21)13(22)6-10;1-2-3-4-5-6-7-8-9-10-11-12-13-14-15-16-17-18-19/h3,5-9,20-22,24H,4H2,1-2H3;6-7,9-10,18H,2-5,8,11-17H2,1H3/b;7-6-,10-9-. The first kappa shape index (κ1) is 37.0. The maximum absolute atomic E-state index is 12.7. The van der Waals surface area contributed by atoms with Crippen molar-refractivity contribution in [2.75, 3.05) is 0 Å². The van der Waals surface area contributed by atoms with E-state index in [9.17, 15) is 30.0 Å². The summed E-state index contributed by atoms with van der Waals surface area (Å²) in [6.45, 7) is 5.76. The Morgan fingerprint density at radius 3 is 2.16 bits per heavy atom. The molecule has 0 atom stereocenters. The van der Waals surface area contributed by atoms with Crippen LogP contribution in [0.1, 0.15) is 110 Å². The fraction of sp³-hybridized carbons (Fsp3) is 0.459. The lowest BCUT2D eigenvalue weighted by Gasteiger charge is -2.14. The lowest BCUT2D eigenvalue weighted by molar-refractivity contribution is -0.107. The monoisotopic (exact) mass is 622 g/mol. The SMILES string of the molecule is CC(C)Oc1cc(O)cc2oc(C3=CC(O)=C(O)C=CC3)c(O)c(=O)c12.CCCCC/C=C\C/C=C\CCCCCCCC=O. The van der Waals surface area contributed by atoms with E-state index in [1.165, 1.54) is 82.1 Å². The summed E-state index contributed by atoms with van der Waals surface area (Å²) in [5.74, 6) is -1.63. The third-order valence-corrected chi connectivity index (χ3v) is 7.03. The topological polar surface area (TPSA) is 137 Å². The van der Waals surface area contributed by atoms with E-state index in [-0.39, 0.29) is 52.1 Å². The van der Waals surface area contributed by atoms with E-state index in [1.807, 2.05) is 0 Å². The molecule has 0 unspecified atom stereocenters. The summed E-state index contributed by atoms with van der Waals surface area (Å²) in [5, 5.41) is 39.6. The van der Waals surface area contributed by atoms with Crippen molar-refractivity contribution in [3.05, 3.63) is 82.2 Å². The molecule has 0 radical (unpaired) electrons. The molecule has 8 heteroatoms. The molecule has 4 N–H and O–H groups in total. The Bertz CT molecular complexity index is 1420. The molecule has 1 aliphatic rings. The number of rotatable bonds is 17. The van der Waals surface area contributed by atoms with Crippen molar-refractivity contribution >= 4 is 22.8 Å². The molecule has 45 heavy (non-hydrogen) atoms. The number of unbranched alkanes of at least 4 members (excludes halogenated alkanes) is 9. The second-order valence-corrected chi connectivity index (χ2v) is 11.3. The van der Waals surface area contributed by atoms with Gasteiger partial charge in [0.2, 0.25) is 11.2 Å². The Kier molecular flexibility index (Phi) is 17.0. The summed E-state index contributed by atoms with van der Waals surface area (Å²) in [5.41, 5.74) is -0.409. The van der Waals surface area contributed by atoms with Crippen molar-refractivity contribution < 1.29 is 34.4 Å². The molecule has 0 aliphatic heterocycles. The van der Waals surface area contributed by atoms with Gasteiger partial charge in [0.15, 0.2) is 17.3 Å². The molecular weight excluding hydrogens is 572 g/mol. The molecule has 0 fully saturated rings. The molecule has 1 aliphatic carbocycles. The van der Waals surface area contributed by atoms with Crippen molar-refractivity contribution in [2.24, 2.45) is 0 Å². The fourth-order valence-electron chi connectivity index (χ4n) is 4.70. The zero-order valence-electron chi connectivity index (χ0n) is 27.0. The molecule has 0 spiro atoms. The number of aldehydes is 1. The van der Waals surface area contributed by atoms with Gasteiger partial charge in [-0.2, -0.15) is 0 Å². The summed E-state index contributed by atoms with van der Waals surface area (Å²) < 4.78 is 11.2. The first-order valence-electron chi connectivity index (χ1n) is 16.1. The average molecular weight is 623 g/mol. The lowest BCUT2D eigenvalue weighted by atomic mass is 10.1. The van der Waals surface area contributed by atoms with E-state index in [4.69, 9.17) is 9.15 Å². The van der Waals surface area contributed by atoms with Crippen molar-refractivity contribution in [3.8, 4) is 17.2 Å². The normalized spacial score (nSPS) is 13.4. The molecule has 0 saturated heterocycles. The highest BCUT2D eigenvalue weighted by Gasteiger charge is 2.22. The maximum Gasteiger partial charge on any atom is 0.238 e. The average Bonchev–Trinajstić information content (AvgIpc) is 3.16. The quantitative estimate of drug-likeness (QED) is 0.0777. The molecule has 1 aromatic carbocycles. The molecule has 1 aromatic heterocycles. The number of allylic oxidation sites excluding steroid dienone is 8. The minimum atomic E-state index is -0.723. The van der Waals surface area contributed by atoms with Gasteiger partial charge in [-0.3, -0.25) is 4.79 Å². The van der Waals surface area contributed by atoms with Gasteiger partial charge >= 0.3 is 0 Å². The van der Waals surface area contributed by atoms with Crippen molar-refractivity contribution in [1.29, 1.82) is 0 Å². The van der Waals surface area contributed by atoms with E-state index >= 15 is 0 Å². The molecule has 1 heterocycles. The molecule has 3 rings (SSSR count). The van der Waals surface area contributed by atoms with Gasteiger partial charge in [-0.05, 0) is 70.9 Å². The summed E-state index contributed by atoms with van der Waals surface area (Å²) in [6, 6.07) is 2.52. The smallest absolute Gasteiger partial charge is 0.238 e. The highest BCUT2D eigenvalue weighted by Crippen LogP contribution is 2.36. The number of benzene rings is 1. The van der Waals surface area contributed by atoms with Crippen molar-refractivity contribution in [3.63, 3.8) is 0 Å². The predicted octanol–water partition coefficient (Wildman–Crippen LogP) is 9.66. The number of carbonyl (C=O) groups is 1. The fourth-order valence-corrected chi connectivity index (χ4v) is 4.70. The van der Waals surface area contributed by atoms with Gasteiger partial charge in [-0.15, -0.1) is 0 Å². The summed E-state index contributed by atoms with van der Waals surface area (Å²) in [6.07, 6.45) is 28.6. The number of aliphatic hydroxyl groups is 2. The number of aliphatic hydroxyl groups excluding tert-OH is 2. The zero-order valence-corrected chi connectivity index (χ0v) is 27.0. The van der Waals surface area contributed by atoms with E-state index in [0.29, 0.717) is 0 Å². The second kappa shape index (κ2) is 20.7. The Morgan fingerprint density at radius 2 is 1.51 bits per heavy atom. The Hall–Kier alpha value is -4.20. The van der Waals surface area contributed by atoms with Crippen LogP contribution in [0, 0.1) is 0 Å². The molecule has 0 saturated carbocycles. The van der Waals surface area contributed by atoms with Gasteiger partial charge < -0.3 is 34.4 Å². The van der Waals surface area contributed by atoms with Crippen LogP contribution in [0.3, 0.4) is 0 Å². The first-order chi connectivity index (χ1) is 21.7. The maximum atomic E-state index is 12.7. The van der Waals surface area contributed by atoms with Crippen LogP contribution in [-0.4, -0.2) is 32.8 Å². The van der Waals surface area contributed by atoms with Gasteiger partial charge in [0.25, 0.3) is 0 Å². The number of fused-ring (bicyclic) bond motifs is 1. The minimum absolute atomic E-state index is 0.00475. The number of carbonyl (C=O) groups excluding carboxylic acids is 1. The molecule has 0 bridgehead atoms. The number of phenolic OH excluding ortho intramolecular Hbond substituents is 1. The first-order valence-corrected chi connectivity index (χ1v) is 16.1. The van der Waals surface area contributed by atoms with E-state index in [2.05, 4.69) is 31.2 Å². The zero-order chi connectivity index (χ0) is 33.0. The Morgan fingerprint density at radius 1 is 0.867 bits per heavy atom. The third-order valence-electron chi connectivity index (χ3n) is 7.03. The van der Waals surface area contributed by atoms with E-state index < -0.39 is 16.9 Å². The van der Waals surface area contributed by atoms with E-state index in [0.717, 1.165) is 25.5 Å². The van der Waals surface area contributed by atoms with Crippen LogP contribution < -0.4 is 10.2 Å².